The lowest BCUT2D eigenvalue weighted by atomic mass is 10.3. The summed E-state index contributed by atoms with van der Waals surface area (Å²) >= 11 is 11.7. The first-order valence-electron chi connectivity index (χ1n) is 6.02. The lowest BCUT2D eigenvalue weighted by Crippen LogP contribution is -2.55. The number of urea groups is 1. The van der Waals surface area contributed by atoms with Crippen molar-refractivity contribution in [2.75, 3.05) is 13.2 Å². The van der Waals surface area contributed by atoms with E-state index < -0.39 is 23.9 Å². The number of amides is 4. The lowest BCUT2D eigenvalue weighted by Gasteiger charge is -2.13. The van der Waals surface area contributed by atoms with Gasteiger partial charge in [0.2, 0.25) is 11.8 Å². The Labute approximate surface area is 136 Å². The number of hydrogen-bond acceptors (Lipinski definition) is 4. The third-order valence-corrected chi connectivity index (χ3v) is 3.21. The van der Waals surface area contributed by atoms with E-state index in [1.54, 1.807) is 18.2 Å². The fraction of sp³-hybridized carbons (Fsp3) is 0.250. The van der Waals surface area contributed by atoms with E-state index in [0.717, 1.165) is 0 Å². The average molecular weight is 349 g/mol. The zero-order chi connectivity index (χ0) is 16.7. The van der Waals surface area contributed by atoms with Crippen LogP contribution in [-0.4, -0.2) is 37.0 Å². The Morgan fingerprint density at radius 1 is 1.18 bits per heavy atom. The molecule has 1 aromatic carbocycles. The monoisotopic (exact) mass is 348 g/mol. The molecule has 0 fully saturated rings. The number of carbonyl (C=O) groups is 3. The van der Waals surface area contributed by atoms with Gasteiger partial charge in [-0.3, -0.25) is 9.59 Å². The molecular formula is C12H14Cl2N4O4. The first kappa shape index (κ1) is 17.9. The van der Waals surface area contributed by atoms with Crippen LogP contribution in [0.2, 0.25) is 10.0 Å². The second-order valence-electron chi connectivity index (χ2n) is 4.04. The molecule has 120 valence electrons. The van der Waals surface area contributed by atoms with Crippen molar-refractivity contribution in [3.05, 3.63) is 28.2 Å². The van der Waals surface area contributed by atoms with Crippen molar-refractivity contribution in [2.45, 2.75) is 6.04 Å². The SMILES string of the molecule is NC(=O)C(NC(=O)NCCOc1cccc(Cl)c1Cl)C(N)=O. The molecule has 8 nitrogen and oxygen atoms in total. The highest BCUT2D eigenvalue weighted by molar-refractivity contribution is 6.42. The van der Waals surface area contributed by atoms with Crippen molar-refractivity contribution in [1.29, 1.82) is 0 Å². The Hall–Kier alpha value is -2.19. The maximum atomic E-state index is 11.5. The summed E-state index contributed by atoms with van der Waals surface area (Å²) in [6.07, 6.45) is 0. The molecule has 0 heterocycles. The number of primary amides is 2. The quantitative estimate of drug-likeness (QED) is 0.407. The summed E-state index contributed by atoms with van der Waals surface area (Å²) < 4.78 is 5.33. The Bertz CT molecular complexity index is 568. The first-order chi connectivity index (χ1) is 10.3. The summed E-state index contributed by atoms with van der Waals surface area (Å²) in [5, 5.41) is 5.00. The molecule has 0 aliphatic rings. The van der Waals surface area contributed by atoms with Gasteiger partial charge in [0.15, 0.2) is 6.04 Å². The van der Waals surface area contributed by atoms with Crippen LogP contribution in [0.3, 0.4) is 0 Å². The van der Waals surface area contributed by atoms with Crippen molar-refractivity contribution in [1.82, 2.24) is 10.6 Å². The van der Waals surface area contributed by atoms with Gasteiger partial charge in [0, 0.05) is 0 Å². The third-order valence-electron chi connectivity index (χ3n) is 2.41. The van der Waals surface area contributed by atoms with Gasteiger partial charge in [-0.2, -0.15) is 0 Å². The molecule has 0 bridgehead atoms. The minimum absolute atomic E-state index is 0.0823. The van der Waals surface area contributed by atoms with Gasteiger partial charge in [0.25, 0.3) is 0 Å². The highest BCUT2D eigenvalue weighted by Crippen LogP contribution is 2.31. The molecule has 0 unspecified atom stereocenters. The number of rotatable bonds is 7. The Morgan fingerprint density at radius 3 is 2.41 bits per heavy atom. The fourth-order valence-corrected chi connectivity index (χ4v) is 1.73. The number of benzene rings is 1. The minimum Gasteiger partial charge on any atom is -0.490 e. The van der Waals surface area contributed by atoms with Crippen LogP contribution in [0, 0.1) is 0 Å². The summed E-state index contributed by atoms with van der Waals surface area (Å²) in [5.41, 5.74) is 9.83. The fourth-order valence-electron chi connectivity index (χ4n) is 1.39. The van der Waals surface area contributed by atoms with Crippen molar-refractivity contribution < 1.29 is 19.1 Å². The van der Waals surface area contributed by atoms with E-state index in [2.05, 4.69) is 5.32 Å². The topological polar surface area (TPSA) is 137 Å². The molecule has 0 aliphatic carbocycles. The van der Waals surface area contributed by atoms with Crippen LogP contribution in [0.25, 0.3) is 0 Å². The number of hydrogen-bond donors (Lipinski definition) is 4. The highest BCUT2D eigenvalue weighted by Gasteiger charge is 2.23. The van der Waals surface area contributed by atoms with E-state index in [9.17, 15) is 14.4 Å². The molecule has 0 aromatic heterocycles. The van der Waals surface area contributed by atoms with Gasteiger partial charge in [0.05, 0.1) is 11.6 Å². The summed E-state index contributed by atoms with van der Waals surface area (Å²) in [4.78, 5) is 33.2. The van der Waals surface area contributed by atoms with Crippen LogP contribution < -0.4 is 26.8 Å². The van der Waals surface area contributed by atoms with Gasteiger partial charge in [-0.05, 0) is 12.1 Å². The van der Waals surface area contributed by atoms with Crippen molar-refractivity contribution in [2.24, 2.45) is 11.5 Å². The zero-order valence-electron chi connectivity index (χ0n) is 11.3. The van der Waals surface area contributed by atoms with E-state index in [-0.39, 0.29) is 18.2 Å². The van der Waals surface area contributed by atoms with Gasteiger partial charge in [-0.1, -0.05) is 29.3 Å². The number of nitrogens with two attached hydrogens (primary N) is 2. The number of carbonyl (C=O) groups excluding carboxylic acids is 3. The zero-order valence-corrected chi connectivity index (χ0v) is 12.8. The molecular weight excluding hydrogens is 335 g/mol. The molecule has 10 heteroatoms. The Kier molecular flexibility index (Phi) is 6.74. The molecule has 1 rings (SSSR count). The van der Waals surface area contributed by atoms with Crippen LogP contribution in [0.15, 0.2) is 18.2 Å². The standard InChI is InChI=1S/C12H14Cl2N4O4/c13-6-2-1-3-7(8(6)14)22-5-4-17-12(21)18-9(10(15)19)11(16)20/h1-3,9H,4-5H2,(H2,15,19)(H2,16,20)(H2,17,18,21). The van der Waals surface area contributed by atoms with Gasteiger partial charge in [-0.25, -0.2) is 4.79 Å². The molecule has 0 radical (unpaired) electrons. The van der Waals surface area contributed by atoms with Crippen LogP contribution in [-0.2, 0) is 9.59 Å². The largest absolute Gasteiger partial charge is 0.490 e. The normalized spacial score (nSPS) is 10.1. The van der Waals surface area contributed by atoms with Gasteiger partial charge in [-0.15, -0.1) is 0 Å². The van der Waals surface area contributed by atoms with Crippen LogP contribution in [0.4, 0.5) is 4.79 Å². The Balaban J connectivity index is 2.38. The minimum atomic E-state index is -1.58. The predicted molar refractivity (Wildman–Crippen MR) is 80.7 cm³/mol. The highest BCUT2D eigenvalue weighted by atomic mass is 35.5. The summed E-state index contributed by atoms with van der Waals surface area (Å²) in [7, 11) is 0. The van der Waals surface area contributed by atoms with Gasteiger partial charge < -0.3 is 26.8 Å². The van der Waals surface area contributed by atoms with E-state index in [1.807, 2.05) is 5.32 Å². The molecule has 0 atom stereocenters. The molecule has 1 aromatic rings. The van der Waals surface area contributed by atoms with Crippen molar-refractivity contribution in [3.63, 3.8) is 0 Å². The summed E-state index contributed by atoms with van der Waals surface area (Å²) in [6.45, 7) is 0.171. The van der Waals surface area contributed by atoms with E-state index in [4.69, 9.17) is 39.4 Å². The summed E-state index contributed by atoms with van der Waals surface area (Å²) in [5.74, 6) is -1.74. The molecule has 0 saturated heterocycles. The van der Waals surface area contributed by atoms with E-state index in [0.29, 0.717) is 10.8 Å². The summed E-state index contributed by atoms with van der Waals surface area (Å²) in [6, 6.07) is 2.51. The number of nitrogens with one attached hydrogen (secondary N) is 2. The predicted octanol–water partition coefficient (Wildman–Crippen LogP) is 0.0106. The van der Waals surface area contributed by atoms with E-state index in [1.165, 1.54) is 0 Å². The molecule has 0 aliphatic heterocycles. The van der Waals surface area contributed by atoms with Crippen LogP contribution in [0.1, 0.15) is 0 Å². The maximum absolute atomic E-state index is 11.5. The van der Waals surface area contributed by atoms with Crippen molar-refractivity contribution >= 4 is 41.0 Å². The van der Waals surface area contributed by atoms with Crippen LogP contribution >= 0.6 is 23.2 Å². The first-order valence-corrected chi connectivity index (χ1v) is 6.78. The molecule has 0 saturated carbocycles. The number of ether oxygens (including phenoxy) is 1. The maximum Gasteiger partial charge on any atom is 0.315 e. The molecule has 6 N–H and O–H groups in total. The van der Waals surface area contributed by atoms with Crippen molar-refractivity contribution in [3.8, 4) is 5.75 Å². The lowest BCUT2D eigenvalue weighted by molar-refractivity contribution is -0.128. The molecule has 4 amide bonds. The second kappa shape index (κ2) is 8.30. The number of halogens is 2. The van der Waals surface area contributed by atoms with Gasteiger partial charge in [0.1, 0.15) is 17.4 Å². The molecule has 22 heavy (non-hydrogen) atoms. The van der Waals surface area contributed by atoms with Crippen LogP contribution in [0.5, 0.6) is 5.75 Å². The van der Waals surface area contributed by atoms with Gasteiger partial charge >= 0.3 is 6.03 Å². The Morgan fingerprint density at radius 2 is 1.82 bits per heavy atom. The smallest absolute Gasteiger partial charge is 0.315 e. The average Bonchev–Trinajstić information content (AvgIpc) is 2.44. The second-order valence-corrected chi connectivity index (χ2v) is 4.82. The molecule has 0 spiro atoms. The van der Waals surface area contributed by atoms with E-state index >= 15 is 0 Å². The third kappa shape index (κ3) is 5.30.